The van der Waals surface area contributed by atoms with Gasteiger partial charge in [-0.2, -0.15) is 0 Å². The van der Waals surface area contributed by atoms with Crippen LogP contribution >= 0.6 is 45.2 Å². The molecule has 2 aromatic heterocycles. The number of aliphatic hydroxyl groups excluding tert-OH is 3. The molecule has 0 amide bonds. The van der Waals surface area contributed by atoms with Crippen LogP contribution in [0.1, 0.15) is 46.1 Å². The second kappa shape index (κ2) is 15.7. The van der Waals surface area contributed by atoms with Crippen LogP contribution in [0.5, 0.6) is 0 Å². The number of rotatable bonds is 6. The largest absolute Gasteiger partial charge is 0.414 e. The second-order valence-electron chi connectivity index (χ2n) is 11.4. The minimum atomic E-state index is -1.94. The molecule has 4 heterocycles. The fraction of sp³-hybridized carbons (Fsp3) is 0.667. The Bertz CT molecular complexity index is 1460. The first-order chi connectivity index (χ1) is 18.9. The van der Waals surface area contributed by atoms with Crippen molar-refractivity contribution in [3.8, 4) is 0 Å². The molecule has 2 aliphatic rings. The van der Waals surface area contributed by atoms with E-state index < -0.39 is 67.7 Å². The summed E-state index contributed by atoms with van der Waals surface area (Å²) in [6.07, 6.45) is -0.670. The zero-order valence-corrected chi connectivity index (χ0v) is 33.9. The van der Waals surface area contributed by atoms with Gasteiger partial charge in [-0.1, -0.05) is 20.8 Å². The molecular weight excluding hydrogens is 1010 g/mol. The van der Waals surface area contributed by atoms with Crippen molar-refractivity contribution < 1.29 is 73.3 Å². The fourth-order valence-corrected chi connectivity index (χ4v) is 5.83. The smallest absolute Gasteiger partial charge is 0.330 e. The summed E-state index contributed by atoms with van der Waals surface area (Å²) in [4.78, 5) is 50.6. The fourth-order valence-electron chi connectivity index (χ4n) is 3.94. The van der Waals surface area contributed by atoms with Crippen molar-refractivity contribution in [2.75, 3.05) is 13.2 Å². The molecule has 0 spiro atoms. The van der Waals surface area contributed by atoms with Gasteiger partial charge in [0.2, 0.25) is 0 Å². The number of hydrogen-bond donors (Lipinski definition) is 5. The van der Waals surface area contributed by atoms with Crippen molar-refractivity contribution in [1.29, 1.82) is 0 Å². The molecule has 5 N–H and O–H groups in total. The van der Waals surface area contributed by atoms with Crippen molar-refractivity contribution in [2.24, 2.45) is 0 Å². The molecule has 2 fully saturated rings. The van der Waals surface area contributed by atoms with E-state index >= 15 is 0 Å². The molecule has 233 valence electrons. The van der Waals surface area contributed by atoms with E-state index in [1.165, 1.54) is 21.5 Å². The molecule has 1 radical (unpaired) electrons. The van der Waals surface area contributed by atoms with Gasteiger partial charge in [0.05, 0.1) is 32.6 Å². The van der Waals surface area contributed by atoms with Gasteiger partial charge in [0.15, 0.2) is 8.32 Å². The van der Waals surface area contributed by atoms with Crippen LogP contribution in [0, 0.1) is 51.2 Å². The number of aliphatic hydroxyl groups is 3. The van der Waals surface area contributed by atoms with Crippen molar-refractivity contribution in [1.82, 2.24) is 19.1 Å². The Morgan fingerprint density at radius 3 is 1.69 bits per heavy atom. The van der Waals surface area contributed by atoms with Crippen LogP contribution in [-0.2, 0) is 13.9 Å². The van der Waals surface area contributed by atoms with Gasteiger partial charge in [-0.3, -0.25) is 28.7 Å². The standard InChI is InChI=1S/C15H25IN2O5Si.C9H11IN2O5.Ac/c1-15(2,3)24(4,5)22-8-11-10(19)6-12(23-11)18-7-9(16)13(20)17-14(18)21;10-4-2-12(9(16)11-8(4)15)7-1-5(14)6(3-13)17-7;/h7,10-12,19H,6,8H2,1-5H3,(H,17,20,21);2,5-7,13-14H,1,3H2,(H,11,15,16);/t10-,11-,12-;5-,6-,7-;/m11./s1. The number of nitrogens with one attached hydrogen (secondary N) is 2. The summed E-state index contributed by atoms with van der Waals surface area (Å²) in [5.74, 6) is 0. The number of halogens is 2. The second-order valence-corrected chi connectivity index (χ2v) is 18.5. The maximum atomic E-state index is 12.0. The summed E-state index contributed by atoms with van der Waals surface area (Å²) in [7, 11) is -1.94. The molecule has 14 nitrogen and oxygen atoms in total. The third-order valence-corrected chi connectivity index (χ3v) is 13.5. The summed E-state index contributed by atoms with van der Waals surface area (Å²) < 4.78 is 20.5. The number of ether oxygens (including phenoxy) is 2. The van der Waals surface area contributed by atoms with Crippen molar-refractivity contribution >= 4 is 53.5 Å². The van der Waals surface area contributed by atoms with E-state index in [9.17, 15) is 29.4 Å². The Kier molecular flexibility index (Phi) is 14.4. The molecule has 0 unspecified atom stereocenters. The van der Waals surface area contributed by atoms with Gasteiger partial charge in [0.25, 0.3) is 11.1 Å². The molecule has 0 bridgehead atoms. The zero-order chi connectivity index (χ0) is 30.9. The SMILES string of the molecule is CC(C)(C)[Si](C)(C)OC[C@H]1O[C@@H](n2cc(I)c(=O)[nH]c2=O)C[C@H]1O.O=c1[nH]c(=O)n([C@H]2C[C@@H](O)[C@@H](CO)O2)cc1I.[Ac]. The van der Waals surface area contributed by atoms with E-state index in [1.54, 1.807) is 22.6 Å². The number of aromatic amines is 2. The first kappa shape index (κ1) is 38.4. The van der Waals surface area contributed by atoms with Crippen LogP contribution in [-0.4, -0.2) is 80.4 Å². The van der Waals surface area contributed by atoms with E-state index in [2.05, 4.69) is 43.8 Å². The molecule has 0 aliphatic carbocycles. The van der Waals surface area contributed by atoms with Crippen molar-refractivity contribution in [3.05, 3.63) is 61.2 Å². The molecule has 42 heavy (non-hydrogen) atoms. The molecule has 2 aromatic rings. The van der Waals surface area contributed by atoms with Crippen molar-refractivity contribution in [2.45, 2.75) is 88.6 Å². The number of H-pyrrole nitrogens is 2. The van der Waals surface area contributed by atoms with E-state index in [0.29, 0.717) is 13.7 Å². The van der Waals surface area contributed by atoms with Crippen LogP contribution in [0.2, 0.25) is 18.1 Å². The van der Waals surface area contributed by atoms with Gasteiger partial charge < -0.3 is 29.2 Å². The molecule has 4 rings (SSSR count). The molecule has 0 aromatic carbocycles. The predicted octanol–water partition coefficient (Wildman–Crippen LogP) is 0.593. The summed E-state index contributed by atoms with van der Waals surface area (Å²) in [5.41, 5.74) is -2.01. The summed E-state index contributed by atoms with van der Waals surface area (Å²) in [5, 5.41) is 28.8. The van der Waals surface area contributed by atoms with Gasteiger partial charge in [-0.25, -0.2) is 9.59 Å². The number of aromatic nitrogens is 4. The molecule has 2 aliphatic heterocycles. The maximum Gasteiger partial charge on any atom is 0.330 e. The Hall–Kier alpha value is 0.238. The summed E-state index contributed by atoms with van der Waals surface area (Å²) in [6, 6.07) is 0. The van der Waals surface area contributed by atoms with Gasteiger partial charge in [-0.05, 0) is 63.3 Å². The Morgan fingerprint density at radius 2 is 1.31 bits per heavy atom. The van der Waals surface area contributed by atoms with E-state index in [0.717, 1.165) is 0 Å². The first-order valence-electron chi connectivity index (χ1n) is 12.9. The van der Waals surface area contributed by atoms with E-state index in [-0.39, 0.29) is 68.5 Å². The Balaban J connectivity index is 0.000000302. The van der Waals surface area contributed by atoms with Gasteiger partial charge >= 0.3 is 11.4 Å². The monoisotopic (exact) mass is 1050 g/mol. The molecular formula is C24H36AcI2N4O10Si. The molecule has 2 saturated heterocycles. The Morgan fingerprint density at radius 1 is 0.905 bits per heavy atom. The average molecular weight is 1050 g/mol. The third kappa shape index (κ3) is 9.39. The van der Waals surface area contributed by atoms with Gasteiger partial charge in [0.1, 0.15) is 24.7 Å². The average Bonchev–Trinajstić information content (AvgIpc) is 3.43. The van der Waals surface area contributed by atoms with Crippen molar-refractivity contribution in [3.63, 3.8) is 0 Å². The zero-order valence-electron chi connectivity index (χ0n) is 23.9. The van der Waals surface area contributed by atoms with E-state index in [4.69, 9.17) is 19.0 Å². The van der Waals surface area contributed by atoms with Crippen LogP contribution in [0.3, 0.4) is 0 Å². The van der Waals surface area contributed by atoms with Crippen LogP contribution in [0.15, 0.2) is 31.6 Å². The van der Waals surface area contributed by atoms with Crippen LogP contribution in [0.25, 0.3) is 0 Å². The summed E-state index contributed by atoms with van der Waals surface area (Å²) >= 11 is 3.66. The van der Waals surface area contributed by atoms with Gasteiger partial charge in [-0.15, -0.1) is 0 Å². The Labute approximate surface area is 305 Å². The minimum absolute atomic E-state index is 0. The third-order valence-electron chi connectivity index (χ3n) is 7.47. The first-order valence-corrected chi connectivity index (χ1v) is 18.0. The molecule has 18 heteroatoms. The van der Waals surface area contributed by atoms with Crippen LogP contribution in [0.4, 0.5) is 0 Å². The minimum Gasteiger partial charge on any atom is -0.414 e. The maximum absolute atomic E-state index is 12.0. The summed E-state index contributed by atoms with van der Waals surface area (Å²) in [6.45, 7) is 10.7. The number of nitrogens with zero attached hydrogens (tertiary/aromatic N) is 2. The molecule has 6 atom stereocenters. The normalized spacial score (nSPS) is 26.0. The topological polar surface area (TPSA) is 198 Å². The predicted molar refractivity (Wildman–Crippen MR) is 167 cm³/mol. The molecule has 0 saturated carbocycles. The quantitative estimate of drug-likeness (QED) is 0.202. The number of hydrogen-bond acceptors (Lipinski definition) is 10. The van der Waals surface area contributed by atoms with E-state index in [1.807, 2.05) is 22.6 Å². The van der Waals surface area contributed by atoms with Crippen LogP contribution < -0.4 is 22.5 Å². The van der Waals surface area contributed by atoms with Gasteiger partial charge in [0, 0.05) is 69.3 Å².